The van der Waals surface area contributed by atoms with Crippen LogP contribution < -0.4 is 5.32 Å². The van der Waals surface area contributed by atoms with Gasteiger partial charge in [0.1, 0.15) is 0 Å². The van der Waals surface area contributed by atoms with Crippen molar-refractivity contribution in [1.82, 2.24) is 10.2 Å². The van der Waals surface area contributed by atoms with Crippen LogP contribution in [0.2, 0.25) is 0 Å². The molecule has 0 bridgehead atoms. The van der Waals surface area contributed by atoms with Crippen molar-refractivity contribution in [2.45, 2.75) is 71.3 Å². The van der Waals surface area contributed by atoms with E-state index in [2.05, 4.69) is 24.1 Å². The zero-order valence-electron chi connectivity index (χ0n) is 12.5. The van der Waals surface area contributed by atoms with Gasteiger partial charge < -0.3 is 5.32 Å². The predicted octanol–water partition coefficient (Wildman–Crippen LogP) is 3.42. The molecule has 1 unspecified atom stereocenters. The van der Waals surface area contributed by atoms with Crippen molar-refractivity contribution in [1.29, 1.82) is 0 Å². The Balaban J connectivity index is 1.72. The summed E-state index contributed by atoms with van der Waals surface area (Å²) in [5.41, 5.74) is 0.755. The molecule has 18 heavy (non-hydrogen) atoms. The Morgan fingerprint density at radius 2 is 1.72 bits per heavy atom. The molecule has 0 aromatic carbocycles. The molecule has 1 atom stereocenters. The van der Waals surface area contributed by atoms with Crippen molar-refractivity contribution in [2.75, 3.05) is 26.2 Å². The van der Waals surface area contributed by atoms with E-state index in [0.29, 0.717) is 0 Å². The molecule has 1 aliphatic heterocycles. The molecule has 0 radical (unpaired) electrons. The van der Waals surface area contributed by atoms with E-state index in [-0.39, 0.29) is 0 Å². The lowest BCUT2D eigenvalue weighted by molar-refractivity contribution is 0.0490. The molecular weight excluding hydrogens is 220 g/mol. The van der Waals surface area contributed by atoms with Crippen molar-refractivity contribution >= 4 is 0 Å². The van der Waals surface area contributed by atoms with Crippen LogP contribution in [0.25, 0.3) is 0 Å². The molecule has 2 aliphatic rings. The van der Waals surface area contributed by atoms with Gasteiger partial charge in [-0.1, -0.05) is 26.2 Å². The summed E-state index contributed by atoms with van der Waals surface area (Å²) in [6.07, 6.45) is 11.7. The third-order valence-corrected chi connectivity index (χ3v) is 5.26. The fraction of sp³-hybridized carbons (Fsp3) is 1.00. The molecular formula is C16H32N2. The molecule has 0 aromatic heterocycles. The number of hydrogen-bond acceptors (Lipinski definition) is 2. The fourth-order valence-corrected chi connectivity index (χ4v) is 3.86. The summed E-state index contributed by atoms with van der Waals surface area (Å²) >= 11 is 0. The quantitative estimate of drug-likeness (QED) is 0.754. The van der Waals surface area contributed by atoms with Crippen molar-refractivity contribution < 1.29 is 0 Å². The second-order valence-corrected chi connectivity index (χ2v) is 6.65. The first-order chi connectivity index (χ1) is 8.76. The third-order valence-electron chi connectivity index (χ3n) is 5.26. The van der Waals surface area contributed by atoms with E-state index in [9.17, 15) is 0 Å². The van der Waals surface area contributed by atoms with Gasteiger partial charge in [-0.25, -0.2) is 0 Å². The van der Waals surface area contributed by atoms with Gasteiger partial charge >= 0.3 is 0 Å². The van der Waals surface area contributed by atoms with E-state index in [0.717, 1.165) is 11.5 Å². The van der Waals surface area contributed by atoms with E-state index in [1.165, 1.54) is 77.5 Å². The molecule has 2 fully saturated rings. The molecule has 2 nitrogen and oxygen atoms in total. The van der Waals surface area contributed by atoms with Gasteiger partial charge in [0.25, 0.3) is 0 Å². The number of nitrogens with one attached hydrogen (secondary N) is 1. The van der Waals surface area contributed by atoms with Gasteiger partial charge in [-0.2, -0.15) is 0 Å². The summed E-state index contributed by atoms with van der Waals surface area (Å²) in [5.74, 6) is 0. The second kappa shape index (κ2) is 6.91. The first kappa shape index (κ1) is 14.3. The van der Waals surface area contributed by atoms with Gasteiger partial charge in [-0.05, 0) is 64.1 Å². The highest BCUT2D eigenvalue weighted by molar-refractivity contribution is 4.89. The van der Waals surface area contributed by atoms with Crippen LogP contribution in [0.5, 0.6) is 0 Å². The largest absolute Gasteiger partial charge is 0.315 e. The summed E-state index contributed by atoms with van der Waals surface area (Å²) in [5, 5.41) is 3.56. The lowest BCUT2D eigenvalue weighted by atomic mass is 9.68. The Labute approximate surface area is 114 Å². The monoisotopic (exact) mass is 252 g/mol. The first-order valence-corrected chi connectivity index (χ1v) is 8.20. The van der Waals surface area contributed by atoms with Gasteiger partial charge in [0.2, 0.25) is 0 Å². The maximum absolute atomic E-state index is 3.56. The molecule has 0 aromatic rings. The van der Waals surface area contributed by atoms with Crippen LogP contribution in [0.3, 0.4) is 0 Å². The highest BCUT2D eigenvalue weighted by Crippen LogP contribution is 2.44. The number of likely N-dealkylation sites (tertiary alicyclic amines) is 1. The van der Waals surface area contributed by atoms with E-state index in [1.54, 1.807) is 0 Å². The van der Waals surface area contributed by atoms with Crippen LogP contribution in [-0.2, 0) is 0 Å². The maximum atomic E-state index is 3.56. The van der Waals surface area contributed by atoms with Gasteiger partial charge in [0, 0.05) is 12.6 Å². The first-order valence-electron chi connectivity index (χ1n) is 8.20. The fourth-order valence-electron chi connectivity index (χ4n) is 3.86. The number of rotatable bonds is 5. The van der Waals surface area contributed by atoms with Crippen LogP contribution >= 0.6 is 0 Å². The van der Waals surface area contributed by atoms with E-state index < -0.39 is 0 Å². The maximum Gasteiger partial charge on any atom is 0.0192 e. The highest BCUT2D eigenvalue weighted by atomic mass is 15.2. The molecule has 1 saturated heterocycles. The van der Waals surface area contributed by atoms with Crippen molar-refractivity contribution in [3.63, 3.8) is 0 Å². The Hall–Kier alpha value is -0.0800. The highest BCUT2D eigenvalue weighted by Gasteiger charge is 2.36. The summed E-state index contributed by atoms with van der Waals surface area (Å²) in [4.78, 5) is 2.71. The van der Waals surface area contributed by atoms with E-state index in [1.807, 2.05) is 0 Å². The van der Waals surface area contributed by atoms with Gasteiger partial charge in [0.05, 0.1) is 0 Å². The van der Waals surface area contributed by atoms with Crippen LogP contribution in [0.4, 0.5) is 0 Å². The number of hydrogen-bond donors (Lipinski definition) is 1. The van der Waals surface area contributed by atoms with E-state index >= 15 is 0 Å². The van der Waals surface area contributed by atoms with Gasteiger partial charge in [-0.15, -0.1) is 0 Å². The predicted molar refractivity (Wildman–Crippen MR) is 78.9 cm³/mol. The van der Waals surface area contributed by atoms with Gasteiger partial charge in [-0.3, -0.25) is 4.90 Å². The molecule has 2 rings (SSSR count). The molecule has 1 N–H and O–H groups in total. The summed E-state index contributed by atoms with van der Waals surface area (Å²) in [7, 11) is 0. The zero-order valence-corrected chi connectivity index (χ0v) is 12.5. The smallest absolute Gasteiger partial charge is 0.0192 e. The Kier molecular flexibility index (Phi) is 5.50. The zero-order chi connectivity index (χ0) is 12.8. The Morgan fingerprint density at radius 3 is 2.33 bits per heavy atom. The molecule has 0 amide bonds. The van der Waals surface area contributed by atoms with E-state index in [4.69, 9.17) is 0 Å². The minimum absolute atomic E-state index is 0.720. The normalized spacial score (nSPS) is 26.3. The lowest BCUT2D eigenvalue weighted by Crippen LogP contribution is -2.48. The average Bonchev–Trinajstić information content (AvgIpc) is 2.41. The van der Waals surface area contributed by atoms with Crippen molar-refractivity contribution in [3.8, 4) is 0 Å². The Morgan fingerprint density at radius 1 is 1.06 bits per heavy atom. The SMILES string of the molecule is CCCNCC(C)N1CCC2(CCCCC2)CC1. The number of nitrogens with zero attached hydrogens (tertiary/aromatic N) is 1. The molecule has 1 saturated carbocycles. The Bertz CT molecular complexity index is 223. The second-order valence-electron chi connectivity index (χ2n) is 6.65. The molecule has 1 aliphatic carbocycles. The summed E-state index contributed by atoms with van der Waals surface area (Å²) in [6.45, 7) is 9.65. The number of piperidine rings is 1. The van der Waals surface area contributed by atoms with Crippen molar-refractivity contribution in [2.24, 2.45) is 5.41 Å². The van der Waals surface area contributed by atoms with Crippen LogP contribution in [0.1, 0.15) is 65.2 Å². The van der Waals surface area contributed by atoms with Crippen LogP contribution in [0, 0.1) is 5.41 Å². The summed E-state index contributed by atoms with van der Waals surface area (Å²) in [6, 6.07) is 0.720. The lowest BCUT2D eigenvalue weighted by Gasteiger charge is -2.46. The molecule has 1 spiro atoms. The summed E-state index contributed by atoms with van der Waals surface area (Å²) < 4.78 is 0. The third kappa shape index (κ3) is 3.71. The molecule has 1 heterocycles. The van der Waals surface area contributed by atoms with Crippen LogP contribution in [-0.4, -0.2) is 37.1 Å². The van der Waals surface area contributed by atoms with Crippen molar-refractivity contribution in [3.05, 3.63) is 0 Å². The molecule has 2 heteroatoms. The van der Waals surface area contributed by atoms with Gasteiger partial charge in [0.15, 0.2) is 0 Å². The average molecular weight is 252 g/mol. The van der Waals surface area contributed by atoms with Crippen LogP contribution in [0.15, 0.2) is 0 Å². The minimum atomic E-state index is 0.720. The standard InChI is InChI=1S/C16H32N2/c1-3-11-17-14-15(2)18-12-9-16(10-13-18)7-5-4-6-8-16/h15,17H,3-14H2,1-2H3. The topological polar surface area (TPSA) is 15.3 Å². The minimum Gasteiger partial charge on any atom is -0.315 e. The molecule has 106 valence electrons.